The minimum Gasteiger partial charge on any atom is -0.453 e. The number of ether oxygens (including phenoxy) is 1. The van der Waals surface area contributed by atoms with Crippen LogP contribution in [-0.2, 0) is 9.53 Å². The Kier molecular flexibility index (Phi) is 1.73. The Bertz CT molecular complexity index is 297. The van der Waals surface area contributed by atoms with Crippen molar-refractivity contribution >= 4 is 17.3 Å². The van der Waals surface area contributed by atoms with Gasteiger partial charge >= 0.3 is 5.97 Å². The van der Waals surface area contributed by atoms with E-state index >= 15 is 0 Å². The minimum absolute atomic E-state index is 0.0787. The lowest BCUT2D eigenvalue weighted by Crippen LogP contribution is -1.96. The lowest BCUT2D eigenvalue weighted by atomic mass is 10.1. The molecule has 1 fully saturated rings. The van der Waals surface area contributed by atoms with E-state index in [9.17, 15) is 4.79 Å². The highest BCUT2D eigenvalue weighted by atomic mass is 32.1. The van der Waals surface area contributed by atoms with Crippen LogP contribution < -0.4 is 0 Å². The lowest BCUT2D eigenvalue weighted by molar-refractivity contribution is -0.138. The maximum atomic E-state index is 11.0. The standard InChI is InChI=1S/C9H8O2S/c1-6-5-7(11-9(6)10)8-3-2-4-12-8/h2-4,7H,1,5H2. The molecule has 2 heterocycles. The molecule has 1 aliphatic rings. The molecule has 0 N–H and O–H groups in total. The summed E-state index contributed by atoms with van der Waals surface area (Å²) in [7, 11) is 0. The summed E-state index contributed by atoms with van der Waals surface area (Å²) in [6, 6.07) is 3.93. The van der Waals surface area contributed by atoms with Gasteiger partial charge in [0, 0.05) is 16.9 Å². The van der Waals surface area contributed by atoms with Gasteiger partial charge in [0.15, 0.2) is 0 Å². The first-order valence-electron chi connectivity index (χ1n) is 3.69. The number of esters is 1. The van der Waals surface area contributed by atoms with Gasteiger partial charge in [0.2, 0.25) is 0 Å². The molecule has 0 amide bonds. The van der Waals surface area contributed by atoms with Gasteiger partial charge in [-0.1, -0.05) is 12.6 Å². The number of hydrogen-bond acceptors (Lipinski definition) is 3. The molecule has 1 aromatic heterocycles. The van der Waals surface area contributed by atoms with Crippen LogP contribution in [0.3, 0.4) is 0 Å². The highest BCUT2D eigenvalue weighted by Gasteiger charge is 2.28. The molecular weight excluding hydrogens is 172 g/mol. The van der Waals surface area contributed by atoms with Crippen LogP contribution in [-0.4, -0.2) is 5.97 Å². The van der Waals surface area contributed by atoms with E-state index in [-0.39, 0.29) is 12.1 Å². The van der Waals surface area contributed by atoms with Crippen LogP contribution >= 0.6 is 11.3 Å². The van der Waals surface area contributed by atoms with Gasteiger partial charge in [-0.15, -0.1) is 11.3 Å². The average Bonchev–Trinajstić information content (AvgIpc) is 2.61. The second-order valence-electron chi connectivity index (χ2n) is 2.72. The lowest BCUT2D eigenvalue weighted by Gasteiger charge is -2.03. The highest BCUT2D eigenvalue weighted by Crippen LogP contribution is 2.34. The molecule has 1 atom stereocenters. The zero-order valence-corrected chi connectivity index (χ0v) is 7.26. The second-order valence-corrected chi connectivity index (χ2v) is 3.70. The first-order valence-corrected chi connectivity index (χ1v) is 4.57. The summed E-state index contributed by atoms with van der Waals surface area (Å²) in [4.78, 5) is 12.1. The van der Waals surface area contributed by atoms with Gasteiger partial charge in [-0.2, -0.15) is 0 Å². The normalized spacial score (nSPS) is 22.8. The fourth-order valence-electron chi connectivity index (χ4n) is 1.19. The number of carbonyl (C=O) groups is 1. The Hall–Kier alpha value is -1.09. The van der Waals surface area contributed by atoms with E-state index < -0.39 is 0 Å². The molecule has 0 aliphatic carbocycles. The molecule has 1 aromatic rings. The van der Waals surface area contributed by atoms with Crippen LogP contribution in [0.1, 0.15) is 17.4 Å². The van der Waals surface area contributed by atoms with E-state index in [1.54, 1.807) is 11.3 Å². The van der Waals surface area contributed by atoms with Crippen molar-refractivity contribution in [1.82, 2.24) is 0 Å². The van der Waals surface area contributed by atoms with Crippen LogP contribution in [0, 0.1) is 0 Å². The third-order valence-corrected chi connectivity index (χ3v) is 2.79. The zero-order chi connectivity index (χ0) is 8.55. The predicted octanol–water partition coefficient (Wildman–Crippen LogP) is 2.29. The summed E-state index contributed by atoms with van der Waals surface area (Å²) < 4.78 is 5.09. The van der Waals surface area contributed by atoms with Gasteiger partial charge in [-0.25, -0.2) is 4.79 Å². The van der Waals surface area contributed by atoms with E-state index in [4.69, 9.17) is 4.74 Å². The minimum atomic E-state index is -0.256. The number of cyclic esters (lactones) is 1. The summed E-state index contributed by atoms with van der Waals surface area (Å²) in [5.74, 6) is -0.256. The SMILES string of the molecule is C=C1CC(c2cccs2)OC1=O. The molecule has 0 bridgehead atoms. The Morgan fingerprint density at radius 1 is 1.67 bits per heavy atom. The smallest absolute Gasteiger partial charge is 0.334 e. The maximum Gasteiger partial charge on any atom is 0.334 e. The van der Waals surface area contributed by atoms with E-state index in [0.717, 1.165) is 4.88 Å². The van der Waals surface area contributed by atoms with Gasteiger partial charge in [-0.05, 0) is 11.4 Å². The predicted molar refractivity (Wildman–Crippen MR) is 46.9 cm³/mol. The van der Waals surface area contributed by atoms with Crippen LogP contribution in [0.5, 0.6) is 0 Å². The number of hydrogen-bond donors (Lipinski definition) is 0. The molecule has 0 aromatic carbocycles. The monoisotopic (exact) mass is 180 g/mol. The number of thiophene rings is 1. The number of rotatable bonds is 1. The summed E-state index contributed by atoms with van der Waals surface area (Å²) in [6.07, 6.45) is 0.560. The topological polar surface area (TPSA) is 26.3 Å². The Labute approximate surface area is 74.5 Å². The van der Waals surface area contributed by atoms with Gasteiger partial charge in [0.05, 0.1) is 0 Å². The van der Waals surface area contributed by atoms with E-state index in [1.807, 2.05) is 17.5 Å². The van der Waals surface area contributed by atoms with E-state index in [2.05, 4.69) is 6.58 Å². The van der Waals surface area contributed by atoms with Crippen LogP contribution in [0.15, 0.2) is 29.7 Å². The van der Waals surface area contributed by atoms with Crippen molar-refractivity contribution in [1.29, 1.82) is 0 Å². The van der Waals surface area contributed by atoms with Crippen molar-refractivity contribution in [3.05, 3.63) is 34.5 Å². The van der Waals surface area contributed by atoms with Crippen molar-refractivity contribution in [2.45, 2.75) is 12.5 Å². The largest absolute Gasteiger partial charge is 0.453 e. The summed E-state index contributed by atoms with van der Waals surface area (Å²) in [5.41, 5.74) is 0.577. The van der Waals surface area contributed by atoms with Gasteiger partial charge in [-0.3, -0.25) is 0 Å². The summed E-state index contributed by atoms with van der Waals surface area (Å²) in [6.45, 7) is 3.63. The molecule has 1 aliphatic heterocycles. The van der Waals surface area contributed by atoms with E-state index in [0.29, 0.717) is 12.0 Å². The molecule has 62 valence electrons. The third-order valence-electron chi connectivity index (χ3n) is 1.83. The fraction of sp³-hybridized carbons (Fsp3) is 0.222. The second kappa shape index (κ2) is 2.75. The van der Waals surface area contributed by atoms with Crippen molar-refractivity contribution < 1.29 is 9.53 Å². The van der Waals surface area contributed by atoms with Crippen LogP contribution in [0.2, 0.25) is 0 Å². The Balaban J connectivity index is 2.19. The molecule has 2 nitrogen and oxygen atoms in total. The van der Waals surface area contributed by atoms with Crippen molar-refractivity contribution in [3.8, 4) is 0 Å². The van der Waals surface area contributed by atoms with Crippen molar-refractivity contribution in [2.24, 2.45) is 0 Å². The molecule has 12 heavy (non-hydrogen) atoms. The van der Waals surface area contributed by atoms with Gasteiger partial charge < -0.3 is 4.74 Å². The molecule has 3 heteroatoms. The summed E-state index contributed by atoms with van der Waals surface area (Å²) >= 11 is 1.61. The Morgan fingerprint density at radius 3 is 3.00 bits per heavy atom. The maximum absolute atomic E-state index is 11.0. The number of carbonyl (C=O) groups excluding carboxylic acids is 1. The first kappa shape index (κ1) is 7.55. The quantitative estimate of drug-likeness (QED) is 0.489. The van der Waals surface area contributed by atoms with E-state index in [1.165, 1.54) is 0 Å². The third kappa shape index (κ3) is 1.16. The first-order chi connectivity index (χ1) is 5.77. The fourth-order valence-corrected chi connectivity index (χ4v) is 1.95. The summed E-state index contributed by atoms with van der Waals surface area (Å²) in [5, 5.41) is 1.98. The molecular formula is C9H8O2S. The Morgan fingerprint density at radius 2 is 2.50 bits per heavy atom. The molecule has 0 spiro atoms. The van der Waals surface area contributed by atoms with Crippen LogP contribution in [0.25, 0.3) is 0 Å². The van der Waals surface area contributed by atoms with Crippen molar-refractivity contribution in [3.63, 3.8) is 0 Å². The van der Waals surface area contributed by atoms with Crippen LogP contribution in [0.4, 0.5) is 0 Å². The highest BCUT2D eigenvalue weighted by molar-refractivity contribution is 7.10. The molecule has 0 saturated carbocycles. The molecule has 1 unspecified atom stereocenters. The molecule has 1 saturated heterocycles. The van der Waals surface area contributed by atoms with Crippen molar-refractivity contribution in [2.75, 3.05) is 0 Å². The average molecular weight is 180 g/mol. The van der Waals surface area contributed by atoms with Gasteiger partial charge in [0.1, 0.15) is 6.10 Å². The molecule has 2 rings (SSSR count). The zero-order valence-electron chi connectivity index (χ0n) is 6.45. The molecule has 0 radical (unpaired) electrons. The van der Waals surface area contributed by atoms with Gasteiger partial charge in [0.25, 0.3) is 0 Å².